The number of ketones is 1. The maximum absolute atomic E-state index is 11.6. The van der Waals surface area contributed by atoms with Gasteiger partial charge in [-0.2, -0.15) is 0 Å². The summed E-state index contributed by atoms with van der Waals surface area (Å²) in [5.74, 6) is 1.82. The molecule has 0 saturated carbocycles. The lowest BCUT2D eigenvalue weighted by atomic mass is 10.2. The van der Waals surface area contributed by atoms with E-state index in [1.54, 1.807) is 11.9 Å². The van der Waals surface area contributed by atoms with Crippen LogP contribution in [0.5, 0.6) is 0 Å². The van der Waals surface area contributed by atoms with E-state index in [0.29, 0.717) is 25.8 Å². The van der Waals surface area contributed by atoms with Gasteiger partial charge < -0.3 is 14.1 Å². The third-order valence-electron chi connectivity index (χ3n) is 2.61. The summed E-state index contributed by atoms with van der Waals surface area (Å²) < 4.78 is 5.42. The maximum atomic E-state index is 11.6. The SMILES string of the molecule is CC(=O)CCC(=O)N(C)CCc1ccc(C)o1. The molecule has 1 heterocycles. The van der Waals surface area contributed by atoms with E-state index in [0.717, 1.165) is 11.5 Å². The molecule has 0 aliphatic heterocycles. The van der Waals surface area contributed by atoms with Crippen molar-refractivity contribution in [2.24, 2.45) is 0 Å². The second-order valence-corrected chi connectivity index (χ2v) is 4.28. The fourth-order valence-electron chi connectivity index (χ4n) is 1.50. The van der Waals surface area contributed by atoms with Gasteiger partial charge in [-0.1, -0.05) is 0 Å². The van der Waals surface area contributed by atoms with Crippen molar-refractivity contribution >= 4 is 11.7 Å². The fraction of sp³-hybridized carbons (Fsp3) is 0.538. The largest absolute Gasteiger partial charge is 0.466 e. The van der Waals surface area contributed by atoms with Crippen molar-refractivity contribution in [3.05, 3.63) is 23.7 Å². The Kier molecular flexibility index (Phi) is 4.94. The number of rotatable bonds is 6. The summed E-state index contributed by atoms with van der Waals surface area (Å²) in [5, 5.41) is 0. The number of aryl methyl sites for hydroxylation is 1. The Morgan fingerprint density at radius 3 is 2.53 bits per heavy atom. The van der Waals surface area contributed by atoms with Gasteiger partial charge in [0.15, 0.2) is 0 Å². The molecule has 0 aliphatic rings. The van der Waals surface area contributed by atoms with Gasteiger partial charge in [-0.25, -0.2) is 0 Å². The topological polar surface area (TPSA) is 50.5 Å². The molecule has 1 amide bonds. The van der Waals surface area contributed by atoms with Gasteiger partial charge in [0.1, 0.15) is 17.3 Å². The Morgan fingerprint density at radius 2 is 2.00 bits per heavy atom. The number of likely N-dealkylation sites (N-methyl/N-ethyl adjacent to an activating group) is 1. The van der Waals surface area contributed by atoms with Gasteiger partial charge in [0.25, 0.3) is 0 Å². The van der Waals surface area contributed by atoms with Gasteiger partial charge in [0.2, 0.25) is 5.91 Å². The summed E-state index contributed by atoms with van der Waals surface area (Å²) in [5.41, 5.74) is 0. The molecule has 0 saturated heterocycles. The molecule has 0 fully saturated rings. The maximum Gasteiger partial charge on any atom is 0.222 e. The molecule has 0 atom stereocenters. The summed E-state index contributed by atoms with van der Waals surface area (Å²) >= 11 is 0. The predicted molar refractivity (Wildman–Crippen MR) is 64.7 cm³/mol. The van der Waals surface area contributed by atoms with Crippen LogP contribution in [-0.4, -0.2) is 30.2 Å². The van der Waals surface area contributed by atoms with Crippen LogP contribution in [0.25, 0.3) is 0 Å². The van der Waals surface area contributed by atoms with E-state index in [4.69, 9.17) is 4.42 Å². The number of furan rings is 1. The average Bonchev–Trinajstić information content (AvgIpc) is 2.68. The Balaban J connectivity index is 2.31. The molecule has 0 N–H and O–H groups in total. The molecule has 17 heavy (non-hydrogen) atoms. The molecular formula is C13H19NO3. The highest BCUT2D eigenvalue weighted by Gasteiger charge is 2.10. The Hall–Kier alpha value is -1.58. The van der Waals surface area contributed by atoms with Gasteiger partial charge in [-0.15, -0.1) is 0 Å². The smallest absolute Gasteiger partial charge is 0.222 e. The van der Waals surface area contributed by atoms with Crippen LogP contribution in [0.2, 0.25) is 0 Å². The molecule has 1 rings (SSSR count). The van der Waals surface area contributed by atoms with Crippen LogP contribution >= 0.6 is 0 Å². The molecule has 0 spiro atoms. The summed E-state index contributed by atoms with van der Waals surface area (Å²) in [7, 11) is 1.75. The van der Waals surface area contributed by atoms with Crippen LogP contribution in [0.1, 0.15) is 31.3 Å². The number of carbonyl (C=O) groups excluding carboxylic acids is 2. The van der Waals surface area contributed by atoms with Crippen LogP contribution in [0.4, 0.5) is 0 Å². The van der Waals surface area contributed by atoms with Crippen molar-refractivity contribution in [3.63, 3.8) is 0 Å². The van der Waals surface area contributed by atoms with Crippen molar-refractivity contribution in [1.82, 2.24) is 4.90 Å². The zero-order chi connectivity index (χ0) is 12.8. The van der Waals surface area contributed by atoms with Gasteiger partial charge in [0.05, 0.1) is 0 Å². The van der Waals surface area contributed by atoms with E-state index in [9.17, 15) is 9.59 Å². The lowest BCUT2D eigenvalue weighted by Gasteiger charge is -2.15. The van der Waals surface area contributed by atoms with Crippen molar-refractivity contribution < 1.29 is 14.0 Å². The number of carbonyl (C=O) groups is 2. The van der Waals surface area contributed by atoms with E-state index in [1.807, 2.05) is 19.1 Å². The third-order valence-corrected chi connectivity index (χ3v) is 2.61. The predicted octanol–water partition coefficient (Wildman–Crippen LogP) is 1.96. The molecule has 0 unspecified atom stereocenters. The summed E-state index contributed by atoms with van der Waals surface area (Å²) in [6.07, 6.45) is 1.32. The number of hydrogen-bond acceptors (Lipinski definition) is 3. The van der Waals surface area contributed by atoms with E-state index in [-0.39, 0.29) is 11.7 Å². The fourth-order valence-corrected chi connectivity index (χ4v) is 1.50. The highest BCUT2D eigenvalue weighted by Crippen LogP contribution is 2.07. The highest BCUT2D eigenvalue weighted by atomic mass is 16.3. The lowest BCUT2D eigenvalue weighted by molar-refractivity contribution is -0.131. The van der Waals surface area contributed by atoms with E-state index in [2.05, 4.69) is 0 Å². The average molecular weight is 237 g/mol. The molecule has 1 aromatic rings. The summed E-state index contributed by atoms with van der Waals surface area (Å²) in [4.78, 5) is 24.0. The molecule has 4 nitrogen and oxygen atoms in total. The molecule has 94 valence electrons. The van der Waals surface area contributed by atoms with Crippen molar-refractivity contribution in [1.29, 1.82) is 0 Å². The Labute approximate surface area is 102 Å². The van der Waals surface area contributed by atoms with Crippen LogP contribution in [-0.2, 0) is 16.0 Å². The van der Waals surface area contributed by atoms with E-state index >= 15 is 0 Å². The molecular weight excluding hydrogens is 218 g/mol. The standard InChI is InChI=1S/C13H19NO3/c1-10(15)4-7-13(16)14(3)9-8-12-6-5-11(2)17-12/h5-6H,4,7-9H2,1-3H3. The number of hydrogen-bond donors (Lipinski definition) is 0. The minimum atomic E-state index is 0.00322. The van der Waals surface area contributed by atoms with Gasteiger partial charge in [-0.3, -0.25) is 4.79 Å². The first kappa shape index (κ1) is 13.5. The molecule has 0 aliphatic carbocycles. The van der Waals surface area contributed by atoms with Crippen LogP contribution < -0.4 is 0 Å². The van der Waals surface area contributed by atoms with E-state index < -0.39 is 0 Å². The van der Waals surface area contributed by atoms with Gasteiger partial charge in [0, 0.05) is 32.9 Å². The second kappa shape index (κ2) is 6.23. The zero-order valence-electron chi connectivity index (χ0n) is 10.7. The monoisotopic (exact) mass is 237 g/mol. The van der Waals surface area contributed by atoms with Gasteiger partial charge >= 0.3 is 0 Å². The minimum Gasteiger partial charge on any atom is -0.466 e. The van der Waals surface area contributed by atoms with E-state index in [1.165, 1.54) is 6.92 Å². The van der Waals surface area contributed by atoms with Crippen molar-refractivity contribution in [2.75, 3.05) is 13.6 Å². The Morgan fingerprint density at radius 1 is 1.29 bits per heavy atom. The lowest BCUT2D eigenvalue weighted by Crippen LogP contribution is -2.28. The first-order valence-corrected chi connectivity index (χ1v) is 5.77. The quantitative estimate of drug-likeness (QED) is 0.760. The second-order valence-electron chi connectivity index (χ2n) is 4.28. The number of nitrogens with zero attached hydrogens (tertiary/aromatic N) is 1. The first-order chi connectivity index (χ1) is 7.99. The number of amides is 1. The van der Waals surface area contributed by atoms with Gasteiger partial charge in [-0.05, 0) is 26.0 Å². The molecule has 4 heteroatoms. The Bertz CT molecular complexity index is 395. The molecule has 0 aromatic carbocycles. The first-order valence-electron chi connectivity index (χ1n) is 5.77. The highest BCUT2D eigenvalue weighted by molar-refractivity contribution is 5.83. The third kappa shape index (κ3) is 4.85. The van der Waals surface area contributed by atoms with Crippen LogP contribution in [0.3, 0.4) is 0 Å². The summed E-state index contributed by atoms with van der Waals surface area (Å²) in [6, 6.07) is 3.83. The van der Waals surface area contributed by atoms with Crippen LogP contribution in [0, 0.1) is 6.92 Å². The summed E-state index contributed by atoms with van der Waals surface area (Å²) in [6.45, 7) is 4.01. The normalized spacial score (nSPS) is 10.3. The van der Waals surface area contributed by atoms with Crippen LogP contribution in [0.15, 0.2) is 16.5 Å². The molecule has 0 bridgehead atoms. The molecule has 0 radical (unpaired) electrons. The number of Topliss-reactive ketones (excluding diaryl/α,β-unsaturated/α-hetero) is 1. The van der Waals surface area contributed by atoms with Crippen molar-refractivity contribution in [2.45, 2.75) is 33.1 Å². The molecule has 1 aromatic heterocycles. The van der Waals surface area contributed by atoms with Crippen molar-refractivity contribution in [3.8, 4) is 0 Å². The zero-order valence-corrected chi connectivity index (χ0v) is 10.7. The minimum absolute atomic E-state index is 0.00322.